The van der Waals surface area contributed by atoms with Crippen molar-refractivity contribution in [3.63, 3.8) is 0 Å². The molecule has 2 heterocycles. The minimum Gasteiger partial charge on any atom is -0.487 e. The van der Waals surface area contributed by atoms with Crippen LogP contribution in [0.25, 0.3) is 0 Å². The Bertz CT molecular complexity index is 822. The number of hydrogen-bond acceptors (Lipinski definition) is 5. The number of aliphatic hydroxyl groups is 2. The van der Waals surface area contributed by atoms with Crippen molar-refractivity contribution in [1.82, 2.24) is 4.90 Å². The fourth-order valence-corrected chi connectivity index (χ4v) is 4.25. The number of rotatable bonds is 6. The van der Waals surface area contributed by atoms with Crippen molar-refractivity contribution in [2.24, 2.45) is 0 Å². The molecule has 0 bridgehead atoms. The molecule has 2 aromatic carbocycles. The highest BCUT2D eigenvalue weighted by Gasteiger charge is 2.30. The van der Waals surface area contributed by atoms with Crippen LogP contribution in [0.4, 0.5) is 8.78 Å². The smallest absolute Gasteiger partial charge is 0.126 e. The summed E-state index contributed by atoms with van der Waals surface area (Å²) >= 11 is 0. The molecule has 0 saturated heterocycles. The van der Waals surface area contributed by atoms with Crippen LogP contribution in [0, 0.1) is 11.6 Å². The third-order valence-electron chi connectivity index (χ3n) is 5.85. The molecule has 0 spiro atoms. The Morgan fingerprint density at radius 2 is 1.30 bits per heavy atom. The van der Waals surface area contributed by atoms with Crippen LogP contribution >= 0.6 is 0 Å². The van der Waals surface area contributed by atoms with Crippen LogP contribution in [0.2, 0.25) is 0 Å². The molecule has 1 unspecified atom stereocenters. The van der Waals surface area contributed by atoms with Gasteiger partial charge < -0.3 is 24.6 Å². The van der Waals surface area contributed by atoms with E-state index in [2.05, 4.69) is 0 Å². The first kappa shape index (κ1) is 21.0. The number of ether oxygens (including phenoxy) is 2. The van der Waals surface area contributed by atoms with Gasteiger partial charge in [-0.25, -0.2) is 8.78 Å². The Labute approximate surface area is 174 Å². The van der Waals surface area contributed by atoms with Gasteiger partial charge in [0.05, 0.1) is 0 Å². The predicted octanol–water partition coefficient (Wildman–Crippen LogP) is 2.71. The summed E-state index contributed by atoms with van der Waals surface area (Å²) in [5.41, 5.74) is 1.63. The number of hydrogen-bond donors (Lipinski definition) is 2. The Morgan fingerprint density at radius 3 is 1.73 bits per heavy atom. The minimum atomic E-state index is -0.739. The SMILES string of the molecule is CN(C[C@H](O)C1CCc2cc(F)ccc2O1)C[C@H](O)[C@H]1CCc2cc(F)ccc2O1. The van der Waals surface area contributed by atoms with Crippen molar-refractivity contribution in [3.8, 4) is 11.5 Å². The summed E-state index contributed by atoms with van der Waals surface area (Å²) in [6, 6.07) is 8.84. The third-order valence-corrected chi connectivity index (χ3v) is 5.85. The number of halogens is 2. The van der Waals surface area contributed by atoms with E-state index in [9.17, 15) is 19.0 Å². The number of aliphatic hydroxyl groups excluding tert-OH is 2. The summed E-state index contributed by atoms with van der Waals surface area (Å²) in [5, 5.41) is 21.2. The topological polar surface area (TPSA) is 62.2 Å². The predicted molar refractivity (Wildman–Crippen MR) is 108 cm³/mol. The van der Waals surface area contributed by atoms with E-state index >= 15 is 0 Å². The first-order valence-electron chi connectivity index (χ1n) is 10.3. The van der Waals surface area contributed by atoms with E-state index in [4.69, 9.17) is 9.47 Å². The van der Waals surface area contributed by atoms with E-state index in [1.54, 1.807) is 12.1 Å². The zero-order valence-corrected chi connectivity index (χ0v) is 16.9. The normalized spacial score (nSPS) is 22.5. The second-order valence-electron chi connectivity index (χ2n) is 8.25. The van der Waals surface area contributed by atoms with Crippen LogP contribution in [0.5, 0.6) is 11.5 Å². The Kier molecular flexibility index (Phi) is 6.22. The average Bonchev–Trinajstić information content (AvgIpc) is 2.72. The van der Waals surface area contributed by atoms with Crippen LogP contribution in [0.3, 0.4) is 0 Å². The van der Waals surface area contributed by atoms with E-state index in [-0.39, 0.29) is 23.8 Å². The van der Waals surface area contributed by atoms with Gasteiger partial charge in [-0.05, 0) is 80.3 Å². The summed E-state index contributed by atoms with van der Waals surface area (Å²) in [7, 11) is 1.82. The monoisotopic (exact) mass is 419 g/mol. The molecule has 0 fully saturated rings. The van der Waals surface area contributed by atoms with Crippen molar-refractivity contribution in [1.29, 1.82) is 0 Å². The lowest BCUT2D eigenvalue weighted by Gasteiger charge is -2.34. The average molecular weight is 419 g/mol. The zero-order chi connectivity index (χ0) is 21.3. The van der Waals surface area contributed by atoms with Crippen LogP contribution in [0.1, 0.15) is 24.0 Å². The highest BCUT2D eigenvalue weighted by Crippen LogP contribution is 2.31. The number of fused-ring (bicyclic) bond motifs is 2. The van der Waals surface area contributed by atoms with E-state index < -0.39 is 12.2 Å². The van der Waals surface area contributed by atoms with E-state index in [0.717, 1.165) is 11.1 Å². The van der Waals surface area contributed by atoms with Crippen molar-refractivity contribution >= 4 is 0 Å². The summed E-state index contributed by atoms with van der Waals surface area (Å²) < 4.78 is 38.4. The third kappa shape index (κ3) is 4.74. The maximum absolute atomic E-state index is 13.3. The van der Waals surface area contributed by atoms with Crippen molar-refractivity contribution in [3.05, 3.63) is 59.2 Å². The first-order chi connectivity index (χ1) is 14.4. The number of likely N-dealkylation sites (N-methyl/N-ethyl adjacent to an activating group) is 1. The number of aryl methyl sites for hydroxylation is 2. The van der Waals surface area contributed by atoms with Gasteiger partial charge in [0.25, 0.3) is 0 Å². The Balaban J connectivity index is 1.28. The van der Waals surface area contributed by atoms with Gasteiger partial charge in [-0.15, -0.1) is 0 Å². The molecule has 2 aliphatic rings. The maximum atomic E-state index is 13.3. The molecule has 162 valence electrons. The molecule has 30 heavy (non-hydrogen) atoms. The Morgan fingerprint density at radius 1 is 0.867 bits per heavy atom. The molecule has 4 atom stereocenters. The molecule has 0 amide bonds. The number of nitrogens with zero attached hydrogens (tertiary/aromatic N) is 1. The minimum absolute atomic E-state index is 0.289. The zero-order valence-electron chi connectivity index (χ0n) is 16.9. The van der Waals surface area contributed by atoms with Gasteiger partial charge in [0.1, 0.15) is 47.5 Å². The van der Waals surface area contributed by atoms with Crippen LogP contribution in [-0.4, -0.2) is 59.7 Å². The van der Waals surface area contributed by atoms with Gasteiger partial charge in [0, 0.05) is 13.1 Å². The van der Waals surface area contributed by atoms with Gasteiger partial charge in [0.2, 0.25) is 0 Å². The summed E-state index contributed by atoms with van der Waals surface area (Å²) in [5.74, 6) is 0.644. The molecule has 7 heteroatoms. The standard InChI is InChI=1S/C23H27F2NO4/c1-26(12-18(27)22-6-2-14-10-16(24)4-8-20(14)29-22)13-19(28)23-7-3-15-11-17(25)5-9-21(15)30-23/h4-5,8-11,18-19,22-23,27-28H,2-3,6-7,12-13H2,1H3/t18-,19-,22+,23?/m0/s1. The number of benzene rings is 2. The molecule has 5 nitrogen and oxygen atoms in total. The van der Waals surface area contributed by atoms with Crippen molar-refractivity contribution < 1.29 is 28.5 Å². The second-order valence-corrected chi connectivity index (χ2v) is 8.25. The second kappa shape index (κ2) is 8.88. The van der Waals surface area contributed by atoms with Crippen LogP contribution < -0.4 is 9.47 Å². The molecule has 0 aromatic heterocycles. The molecule has 2 aliphatic heterocycles. The maximum Gasteiger partial charge on any atom is 0.126 e. The van der Waals surface area contributed by atoms with Gasteiger partial charge >= 0.3 is 0 Å². The van der Waals surface area contributed by atoms with Gasteiger partial charge in [-0.2, -0.15) is 0 Å². The highest BCUT2D eigenvalue weighted by atomic mass is 19.1. The lowest BCUT2D eigenvalue weighted by molar-refractivity contribution is -0.0212. The van der Waals surface area contributed by atoms with Crippen LogP contribution in [0.15, 0.2) is 36.4 Å². The molecule has 0 aliphatic carbocycles. The lowest BCUT2D eigenvalue weighted by atomic mass is 9.98. The summed E-state index contributed by atoms with van der Waals surface area (Å²) in [6.07, 6.45) is 0.271. The van der Waals surface area contributed by atoms with Gasteiger partial charge in [-0.3, -0.25) is 0 Å². The quantitative estimate of drug-likeness (QED) is 0.754. The Hall–Kier alpha value is -2.22. The van der Waals surface area contributed by atoms with Crippen LogP contribution in [-0.2, 0) is 12.8 Å². The van der Waals surface area contributed by atoms with Gasteiger partial charge in [0.15, 0.2) is 0 Å². The molecular formula is C23H27F2NO4. The van der Waals surface area contributed by atoms with E-state index in [0.29, 0.717) is 50.3 Å². The lowest BCUT2D eigenvalue weighted by Crippen LogP contribution is -2.47. The fourth-order valence-electron chi connectivity index (χ4n) is 4.25. The van der Waals surface area contributed by atoms with E-state index in [1.165, 1.54) is 24.3 Å². The van der Waals surface area contributed by atoms with Crippen molar-refractivity contribution in [2.75, 3.05) is 20.1 Å². The van der Waals surface area contributed by atoms with Gasteiger partial charge in [-0.1, -0.05) is 0 Å². The molecule has 4 rings (SSSR count). The summed E-state index contributed by atoms with van der Waals surface area (Å²) in [6.45, 7) is 0.652. The largest absolute Gasteiger partial charge is 0.487 e. The molecular weight excluding hydrogens is 392 g/mol. The highest BCUT2D eigenvalue weighted by molar-refractivity contribution is 5.36. The first-order valence-corrected chi connectivity index (χ1v) is 10.3. The summed E-state index contributed by atoms with van der Waals surface area (Å²) in [4.78, 5) is 1.85. The molecule has 0 saturated carbocycles. The molecule has 0 radical (unpaired) electrons. The molecule has 2 aromatic rings. The van der Waals surface area contributed by atoms with E-state index in [1.807, 2.05) is 11.9 Å². The van der Waals surface area contributed by atoms with Crippen molar-refractivity contribution in [2.45, 2.75) is 50.1 Å². The fraction of sp³-hybridized carbons (Fsp3) is 0.478. The molecule has 2 N–H and O–H groups in total.